The van der Waals surface area contributed by atoms with E-state index in [1.807, 2.05) is 29.8 Å². The fraction of sp³-hybridized carbons (Fsp3) is 0.360. The maximum atomic E-state index is 13.0. The van der Waals surface area contributed by atoms with E-state index in [2.05, 4.69) is 32.7 Å². The highest BCUT2D eigenvalue weighted by atomic mass is 16.3. The highest BCUT2D eigenvalue weighted by molar-refractivity contribution is 5.75. The predicted octanol–water partition coefficient (Wildman–Crippen LogP) is 2.67. The van der Waals surface area contributed by atoms with Crippen LogP contribution in [0.15, 0.2) is 47.4 Å². The molecule has 0 bridgehead atoms. The fourth-order valence-electron chi connectivity index (χ4n) is 4.37. The van der Waals surface area contributed by atoms with Gasteiger partial charge in [-0.15, -0.1) is 0 Å². The topological polar surface area (TPSA) is 110 Å². The van der Waals surface area contributed by atoms with Crippen molar-refractivity contribution in [2.45, 2.75) is 52.4 Å². The molecule has 1 aliphatic rings. The molecule has 4 heterocycles. The predicted molar refractivity (Wildman–Crippen MR) is 131 cm³/mol. The Kier molecular flexibility index (Phi) is 5.66. The first-order chi connectivity index (χ1) is 16.3. The minimum atomic E-state index is -1.05. The Morgan fingerprint density at radius 3 is 2.79 bits per heavy atom. The molecule has 3 aromatic heterocycles. The van der Waals surface area contributed by atoms with Crippen LogP contribution in [-0.2, 0) is 31.7 Å². The van der Waals surface area contributed by atoms with Crippen molar-refractivity contribution in [3.63, 3.8) is 0 Å². The Balaban J connectivity index is 1.52. The molecule has 34 heavy (non-hydrogen) atoms. The van der Waals surface area contributed by atoms with Crippen LogP contribution in [0.25, 0.3) is 11.0 Å². The molecule has 3 N–H and O–H groups in total. The number of aromatic nitrogens is 5. The van der Waals surface area contributed by atoms with E-state index in [0.29, 0.717) is 35.8 Å². The summed E-state index contributed by atoms with van der Waals surface area (Å²) in [4.78, 5) is 26.7. The first-order valence-corrected chi connectivity index (χ1v) is 11.6. The van der Waals surface area contributed by atoms with Gasteiger partial charge >= 0.3 is 0 Å². The Morgan fingerprint density at radius 1 is 1.15 bits per heavy atom. The molecule has 5 rings (SSSR count). The summed E-state index contributed by atoms with van der Waals surface area (Å²) in [6.07, 6.45) is 2.61. The van der Waals surface area contributed by atoms with E-state index in [4.69, 9.17) is 4.98 Å². The van der Waals surface area contributed by atoms with Crippen LogP contribution >= 0.6 is 0 Å². The highest BCUT2D eigenvalue weighted by Gasteiger charge is 2.20. The van der Waals surface area contributed by atoms with E-state index < -0.39 is 5.60 Å². The summed E-state index contributed by atoms with van der Waals surface area (Å²) in [5.41, 5.74) is 4.19. The van der Waals surface area contributed by atoms with Crippen molar-refractivity contribution in [2.24, 2.45) is 0 Å². The molecule has 0 radical (unpaired) electrons. The molecule has 4 aromatic rings. The lowest BCUT2D eigenvalue weighted by Gasteiger charge is -2.18. The number of nitrogens with one attached hydrogen (secondary N) is 2. The van der Waals surface area contributed by atoms with Gasteiger partial charge in [-0.05, 0) is 69.1 Å². The zero-order chi connectivity index (χ0) is 23.9. The summed E-state index contributed by atoms with van der Waals surface area (Å²) in [7, 11) is 0. The van der Waals surface area contributed by atoms with Crippen molar-refractivity contribution in [3.8, 4) is 0 Å². The molecule has 0 atom stereocenters. The van der Waals surface area contributed by atoms with Crippen LogP contribution in [0.1, 0.15) is 43.3 Å². The van der Waals surface area contributed by atoms with Gasteiger partial charge in [0.25, 0.3) is 5.56 Å². The summed E-state index contributed by atoms with van der Waals surface area (Å²) < 4.78 is 3.48. The van der Waals surface area contributed by atoms with Crippen molar-refractivity contribution in [1.29, 1.82) is 0 Å². The lowest BCUT2D eigenvalue weighted by atomic mass is 10.0. The number of rotatable bonds is 6. The van der Waals surface area contributed by atoms with Gasteiger partial charge in [0.15, 0.2) is 5.65 Å². The molecule has 0 aliphatic carbocycles. The maximum Gasteiger partial charge on any atom is 0.277 e. The molecule has 0 fully saturated rings. The second-order valence-electron chi connectivity index (χ2n) is 9.12. The summed E-state index contributed by atoms with van der Waals surface area (Å²) in [6.45, 7) is 8.01. The van der Waals surface area contributed by atoms with Crippen LogP contribution in [0, 0.1) is 0 Å². The molecule has 0 saturated heterocycles. The molecule has 9 heteroatoms. The second kappa shape index (κ2) is 8.66. The average molecular weight is 460 g/mol. The summed E-state index contributed by atoms with van der Waals surface area (Å²) >= 11 is 0. The Hall–Kier alpha value is -3.56. The van der Waals surface area contributed by atoms with E-state index in [-0.39, 0.29) is 5.56 Å². The number of benzene rings is 1. The quantitative estimate of drug-likeness (QED) is 0.407. The van der Waals surface area contributed by atoms with Crippen LogP contribution in [-0.4, -0.2) is 36.0 Å². The van der Waals surface area contributed by atoms with Crippen molar-refractivity contribution in [3.05, 3.63) is 75.5 Å². The van der Waals surface area contributed by atoms with Gasteiger partial charge in [-0.3, -0.25) is 14.5 Å². The van der Waals surface area contributed by atoms with Crippen LogP contribution in [0.3, 0.4) is 0 Å². The van der Waals surface area contributed by atoms with Gasteiger partial charge in [-0.25, -0.2) is 9.67 Å². The number of pyridine rings is 1. The average Bonchev–Trinajstić information content (AvgIpc) is 3.08. The van der Waals surface area contributed by atoms with Gasteiger partial charge < -0.3 is 15.7 Å². The van der Waals surface area contributed by atoms with Gasteiger partial charge in [0.05, 0.1) is 17.9 Å². The molecular formula is C25H29N7O2. The monoisotopic (exact) mass is 459 g/mol. The van der Waals surface area contributed by atoms with E-state index in [9.17, 15) is 9.90 Å². The van der Waals surface area contributed by atoms with Gasteiger partial charge in [-0.1, -0.05) is 12.1 Å². The molecule has 0 unspecified atom stereocenters. The van der Waals surface area contributed by atoms with E-state index in [1.54, 1.807) is 30.8 Å². The smallest absolute Gasteiger partial charge is 0.277 e. The normalized spacial score (nSPS) is 13.8. The van der Waals surface area contributed by atoms with Gasteiger partial charge in [0.2, 0.25) is 5.95 Å². The van der Waals surface area contributed by atoms with Crippen LogP contribution in [0.5, 0.6) is 0 Å². The van der Waals surface area contributed by atoms with E-state index >= 15 is 0 Å². The molecule has 0 amide bonds. The SMILES string of the molecule is CCn1c(=O)c2cnc(Nc3ccc4c(c3)CNCC4)nc2n1Cc1cccc(C(C)(C)O)n1. The molecule has 0 spiro atoms. The molecular weight excluding hydrogens is 430 g/mol. The third-order valence-corrected chi connectivity index (χ3v) is 6.16. The Labute approximate surface area is 197 Å². The van der Waals surface area contributed by atoms with Crippen molar-refractivity contribution < 1.29 is 5.11 Å². The molecule has 1 aromatic carbocycles. The van der Waals surface area contributed by atoms with Gasteiger partial charge in [-0.2, -0.15) is 4.98 Å². The zero-order valence-electron chi connectivity index (χ0n) is 19.7. The summed E-state index contributed by atoms with van der Waals surface area (Å²) in [5.74, 6) is 0.427. The molecule has 9 nitrogen and oxygen atoms in total. The highest BCUT2D eigenvalue weighted by Crippen LogP contribution is 2.22. The minimum absolute atomic E-state index is 0.137. The van der Waals surface area contributed by atoms with Gasteiger partial charge in [0.1, 0.15) is 11.0 Å². The van der Waals surface area contributed by atoms with Crippen molar-refractivity contribution in [1.82, 2.24) is 29.6 Å². The number of fused-ring (bicyclic) bond motifs is 2. The Morgan fingerprint density at radius 2 is 2.00 bits per heavy atom. The molecule has 176 valence electrons. The second-order valence-corrected chi connectivity index (χ2v) is 9.12. The standard InChI is InChI=1S/C25H29N7O2/c1-4-31-23(33)20-14-27-24(29-18-9-8-16-10-11-26-13-17(16)12-18)30-22(20)32(31)15-19-6-5-7-21(28-19)25(2,3)34/h5-9,12,14,26,34H,4,10-11,13,15H2,1-3H3,(H,27,29,30). The number of nitrogens with zero attached hydrogens (tertiary/aromatic N) is 5. The largest absolute Gasteiger partial charge is 0.384 e. The third kappa shape index (κ3) is 4.20. The lowest BCUT2D eigenvalue weighted by molar-refractivity contribution is 0.0736. The van der Waals surface area contributed by atoms with Crippen molar-refractivity contribution >= 4 is 22.7 Å². The van der Waals surface area contributed by atoms with E-state index in [0.717, 1.165) is 30.9 Å². The number of aliphatic hydroxyl groups is 1. The van der Waals surface area contributed by atoms with Crippen LogP contribution in [0.4, 0.5) is 11.6 Å². The Bertz CT molecular complexity index is 1420. The summed E-state index contributed by atoms with van der Waals surface area (Å²) in [6, 6.07) is 11.8. The lowest BCUT2D eigenvalue weighted by Crippen LogP contribution is -2.23. The van der Waals surface area contributed by atoms with Crippen molar-refractivity contribution in [2.75, 3.05) is 11.9 Å². The molecule has 1 aliphatic heterocycles. The number of anilines is 2. The number of hydrogen-bond acceptors (Lipinski definition) is 7. The first kappa shape index (κ1) is 22.2. The zero-order valence-corrected chi connectivity index (χ0v) is 19.7. The van der Waals surface area contributed by atoms with Crippen LogP contribution in [0.2, 0.25) is 0 Å². The minimum Gasteiger partial charge on any atom is -0.384 e. The first-order valence-electron chi connectivity index (χ1n) is 11.6. The van der Waals surface area contributed by atoms with Gasteiger partial charge in [0, 0.05) is 25.0 Å². The van der Waals surface area contributed by atoms with Crippen LogP contribution < -0.4 is 16.2 Å². The third-order valence-electron chi connectivity index (χ3n) is 6.16. The maximum absolute atomic E-state index is 13.0. The fourth-order valence-corrected chi connectivity index (χ4v) is 4.37. The summed E-state index contributed by atoms with van der Waals surface area (Å²) in [5, 5.41) is 17.5. The van der Waals surface area contributed by atoms with E-state index in [1.165, 1.54) is 11.1 Å². The number of hydrogen-bond donors (Lipinski definition) is 3. The molecule has 0 saturated carbocycles.